The highest BCUT2D eigenvalue weighted by Gasteiger charge is 2.07. The summed E-state index contributed by atoms with van der Waals surface area (Å²) >= 11 is 5.12. The Labute approximate surface area is 107 Å². The summed E-state index contributed by atoms with van der Waals surface area (Å²) in [6, 6.07) is 6.19. The zero-order valence-corrected chi connectivity index (χ0v) is 11.2. The van der Waals surface area contributed by atoms with Crippen molar-refractivity contribution >= 4 is 27.7 Å². The lowest BCUT2D eigenvalue weighted by molar-refractivity contribution is 0.811. The van der Waals surface area contributed by atoms with Gasteiger partial charge in [-0.05, 0) is 24.6 Å². The summed E-state index contributed by atoms with van der Waals surface area (Å²) in [5, 5.41) is 0.889. The molecule has 16 heavy (non-hydrogen) atoms. The molecular weight excluding hydrogens is 286 g/mol. The molecule has 0 aliphatic carbocycles. The van der Waals surface area contributed by atoms with Crippen LogP contribution in [0, 0.1) is 0 Å². The molecule has 0 radical (unpaired) electrons. The van der Waals surface area contributed by atoms with Crippen molar-refractivity contribution in [1.82, 2.24) is 9.97 Å². The smallest absolute Gasteiger partial charge is 0.170 e. The van der Waals surface area contributed by atoms with E-state index < -0.39 is 0 Å². The van der Waals surface area contributed by atoms with Gasteiger partial charge >= 0.3 is 0 Å². The van der Waals surface area contributed by atoms with E-state index in [2.05, 4.69) is 38.0 Å². The third-order valence-corrected chi connectivity index (χ3v) is 3.74. The fraction of sp³-hybridized carbons (Fsp3) is 0.182. The number of hydrogen-bond donors (Lipinski definition) is 2. The van der Waals surface area contributed by atoms with Gasteiger partial charge in [-0.15, -0.1) is 0 Å². The first kappa shape index (κ1) is 11.7. The van der Waals surface area contributed by atoms with E-state index in [-0.39, 0.29) is 6.04 Å². The summed E-state index contributed by atoms with van der Waals surface area (Å²) in [6.45, 7) is 1.97. The van der Waals surface area contributed by atoms with E-state index in [1.807, 2.05) is 19.2 Å². The number of rotatable bonds is 3. The Morgan fingerprint density at radius 2 is 2.31 bits per heavy atom. The molecule has 3 nitrogen and oxygen atoms in total. The van der Waals surface area contributed by atoms with Gasteiger partial charge in [-0.1, -0.05) is 33.8 Å². The molecule has 1 unspecified atom stereocenters. The van der Waals surface area contributed by atoms with Crippen molar-refractivity contribution in [1.29, 1.82) is 0 Å². The number of nitrogens with two attached hydrogens (primary N) is 1. The van der Waals surface area contributed by atoms with Crippen LogP contribution in [0.25, 0.3) is 0 Å². The van der Waals surface area contributed by atoms with E-state index in [0.717, 1.165) is 20.1 Å². The van der Waals surface area contributed by atoms with Crippen LogP contribution in [0.2, 0.25) is 0 Å². The molecule has 0 fully saturated rings. The molecule has 5 heteroatoms. The minimum absolute atomic E-state index is 0.0389. The summed E-state index contributed by atoms with van der Waals surface area (Å²) in [5.74, 6) is 0. The van der Waals surface area contributed by atoms with Crippen LogP contribution in [-0.2, 0) is 0 Å². The van der Waals surface area contributed by atoms with Gasteiger partial charge in [0.05, 0.1) is 0 Å². The standard InChI is InChI=1S/C11H12BrN3S/c1-7(13)9-3-2-8(6-10(9)12)16-11-14-4-5-15-11/h2-7H,13H2,1H3,(H,14,15). The molecule has 3 N–H and O–H groups in total. The van der Waals surface area contributed by atoms with E-state index in [1.165, 1.54) is 0 Å². The number of H-pyrrole nitrogens is 1. The minimum atomic E-state index is 0.0389. The Kier molecular flexibility index (Phi) is 3.68. The zero-order valence-electron chi connectivity index (χ0n) is 8.77. The molecule has 1 heterocycles. The van der Waals surface area contributed by atoms with E-state index in [1.54, 1.807) is 18.0 Å². The molecule has 84 valence electrons. The first-order chi connectivity index (χ1) is 7.66. The van der Waals surface area contributed by atoms with Crippen LogP contribution in [0.3, 0.4) is 0 Å². The monoisotopic (exact) mass is 297 g/mol. The van der Waals surface area contributed by atoms with Gasteiger partial charge in [0.25, 0.3) is 0 Å². The number of benzene rings is 1. The van der Waals surface area contributed by atoms with Crippen molar-refractivity contribution in [3.05, 3.63) is 40.6 Å². The van der Waals surface area contributed by atoms with E-state index >= 15 is 0 Å². The lowest BCUT2D eigenvalue weighted by Crippen LogP contribution is -2.05. The molecule has 1 atom stereocenters. The molecule has 1 aromatic heterocycles. The molecule has 0 spiro atoms. The minimum Gasteiger partial charge on any atom is -0.339 e. The SMILES string of the molecule is CC(N)c1ccc(Sc2ncc[nH]2)cc1Br. The third kappa shape index (κ3) is 2.66. The van der Waals surface area contributed by atoms with Crippen molar-refractivity contribution in [2.24, 2.45) is 5.73 Å². The molecule has 0 aliphatic rings. The van der Waals surface area contributed by atoms with E-state index in [9.17, 15) is 0 Å². The Morgan fingerprint density at radius 3 is 2.88 bits per heavy atom. The van der Waals surface area contributed by atoms with Crippen molar-refractivity contribution in [2.45, 2.75) is 23.0 Å². The number of aromatic nitrogens is 2. The van der Waals surface area contributed by atoms with Crippen molar-refractivity contribution < 1.29 is 0 Å². The van der Waals surface area contributed by atoms with Crippen LogP contribution < -0.4 is 5.73 Å². The predicted octanol–water partition coefficient (Wildman–Crippen LogP) is 3.34. The van der Waals surface area contributed by atoms with Crippen LogP contribution in [-0.4, -0.2) is 9.97 Å². The molecular formula is C11H12BrN3S. The number of nitrogens with zero attached hydrogens (tertiary/aromatic N) is 1. The second kappa shape index (κ2) is 5.03. The van der Waals surface area contributed by atoms with Crippen molar-refractivity contribution in [3.63, 3.8) is 0 Å². The normalized spacial score (nSPS) is 12.7. The second-order valence-corrected chi connectivity index (χ2v) is 5.38. The van der Waals surface area contributed by atoms with Gasteiger partial charge in [0.2, 0.25) is 0 Å². The Balaban J connectivity index is 2.21. The summed E-state index contributed by atoms with van der Waals surface area (Å²) in [6.07, 6.45) is 3.56. The summed E-state index contributed by atoms with van der Waals surface area (Å²) in [7, 11) is 0. The fourth-order valence-corrected chi connectivity index (χ4v) is 3.03. The second-order valence-electron chi connectivity index (χ2n) is 3.47. The lowest BCUT2D eigenvalue weighted by atomic mass is 10.1. The molecule has 0 saturated heterocycles. The third-order valence-electron chi connectivity index (χ3n) is 2.15. The highest BCUT2D eigenvalue weighted by atomic mass is 79.9. The highest BCUT2D eigenvalue weighted by molar-refractivity contribution is 9.10. The van der Waals surface area contributed by atoms with Gasteiger partial charge in [0, 0.05) is 27.8 Å². The van der Waals surface area contributed by atoms with E-state index in [0.29, 0.717) is 0 Å². The van der Waals surface area contributed by atoms with Gasteiger partial charge in [-0.2, -0.15) is 0 Å². The number of imidazole rings is 1. The number of aromatic amines is 1. The molecule has 0 saturated carbocycles. The maximum atomic E-state index is 5.85. The van der Waals surface area contributed by atoms with Crippen LogP contribution in [0.1, 0.15) is 18.5 Å². The fourth-order valence-electron chi connectivity index (χ4n) is 1.36. The van der Waals surface area contributed by atoms with Crippen LogP contribution in [0.4, 0.5) is 0 Å². The maximum Gasteiger partial charge on any atom is 0.170 e. The van der Waals surface area contributed by atoms with Crippen molar-refractivity contribution in [3.8, 4) is 0 Å². The van der Waals surface area contributed by atoms with Gasteiger partial charge in [-0.3, -0.25) is 0 Å². The topological polar surface area (TPSA) is 54.7 Å². The quantitative estimate of drug-likeness (QED) is 0.913. The highest BCUT2D eigenvalue weighted by Crippen LogP contribution is 2.30. The first-order valence-electron chi connectivity index (χ1n) is 4.89. The number of hydrogen-bond acceptors (Lipinski definition) is 3. The first-order valence-corrected chi connectivity index (χ1v) is 6.50. The van der Waals surface area contributed by atoms with Crippen molar-refractivity contribution in [2.75, 3.05) is 0 Å². The largest absolute Gasteiger partial charge is 0.339 e. The number of nitrogens with one attached hydrogen (secondary N) is 1. The molecule has 1 aromatic carbocycles. The van der Waals surface area contributed by atoms with Gasteiger partial charge in [0.1, 0.15) is 0 Å². The summed E-state index contributed by atoms with van der Waals surface area (Å²) < 4.78 is 1.04. The zero-order chi connectivity index (χ0) is 11.5. The predicted molar refractivity (Wildman–Crippen MR) is 69.5 cm³/mol. The van der Waals surface area contributed by atoms with Crippen LogP contribution in [0.15, 0.2) is 45.1 Å². The molecule has 2 rings (SSSR count). The van der Waals surface area contributed by atoms with E-state index in [4.69, 9.17) is 5.73 Å². The van der Waals surface area contributed by atoms with Crippen LogP contribution >= 0.6 is 27.7 Å². The maximum absolute atomic E-state index is 5.85. The summed E-state index contributed by atoms with van der Waals surface area (Å²) in [5.41, 5.74) is 6.96. The lowest BCUT2D eigenvalue weighted by Gasteiger charge is -2.09. The van der Waals surface area contributed by atoms with Gasteiger partial charge < -0.3 is 10.7 Å². The average molecular weight is 298 g/mol. The molecule has 0 aliphatic heterocycles. The number of halogens is 1. The Bertz CT molecular complexity index is 468. The van der Waals surface area contributed by atoms with Gasteiger partial charge in [-0.25, -0.2) is 4.98 Å². The van der Waals surface area contributed by atoms with Gasteiger partial charge in [0.15, 0.2) is 5.16 Å². The summed E-state index contributed by atoms with van der Waals surface area (Å²) in [4.78, 5) is 8.35. The Hall–Kier alpha value is -0.780. The molecule has 2 aromatic rings. The molecule has 0 bridgehead atoms. The molecule has 0 amide bonds. The van der Waals surface area contributed by atoms with Crippen LogP contribution in [0.5, 0.6) is 0 Å². The Morgan fingerprint density at radius 1 is 1.50 bits per heavy atom. The average Bonchev–Trinajstić information content (AvgIpc) is 2.70.